The average molecular weight is 252 g/mol. The molecule has 0 aromatic rings. The van der Waals surface area contributed by atoms with Crippen LogP contribution in [0, 0.1) is 0 Å². The van der Waals surface area contributed by atoms with E-state index in [0.29, 0.717) is 6.42 Å². The van der Waals surface area contributed by atoms with Gasteiger partial charge < -0.3 is 10.1 Å². The Labute approximate surface area is 86.1 Å². The van der Waals surface area contributed by atoms with Gasteiger partial charge in [0.25, 0.3) is 0 Å². The Balaban J connectivity index is 3.98. The Hall–Kier alpha value is -0.580. The maximum absolute atomic E-state index is 11.2. The number of carbonyl (C=O) groups is 2. The lowest BCUT2D eigenvalue weighted by Crippen LogP contribution is -2.42. The minimum Gasteiger partial charge on any atom is -0.467 e. The first-order chi connectivity index (χ1) is 6.02. The summed E-state index contributed by atoms with van der Waals surface area (Å²) in [5.74, 6) is -0.635. The first-order valence-electron chi connectivity index (χ1n) is 4.05. The number of nitrogens with one attached hydrogen (secondary N) is 1. The monoisotopic (exact) mass is 251 g/mol. The van der Waals surface area contributed by atoms with E-state index in [1.807, 2.05) is 6.92 Å². The van der Waals surface area contributed by atoms with E-state index in [9.17, 15) is 9.59 Å². The summed E-state index contributed by atoms with van der Waals surface area (Å²) in [4.78, 5) is 21.9. The molecule has 1 amide bonds. The molecule has 1 N–H and O–H groups in total. The quantitative estimate of drug-likeness (QED) is 0.595. The Morgan fingerprint density at radius 2 is 2.08 bits per heavy atom. The van der Waals surface area contributed by atoms with Crippen LogP contribution in [0.4, 0.5) is 0 Å². The zero-order valence-electron chi connectivity index (χ0n) is 7.96. The summed E-state index contributed by atoms with van der Waals surface area (Å²) in [7, 11) is 1.29. The molecule has 0 fully saturated rings. The van der Waals surface area contributed by atoms with Gasteiger partial charge in [-0.05, 0) is 13.3 Å². The zero-order chi connectivity index (χ0) is 10.4. The summed E-state index contributed by atoms with van der Waals surface area (Å²) in [6.07, 6.45) is 0.680. The maximum atomic E-state index is 11.2. The van der Waals surface area contributed by atoms with Gasteiger partial charge in [-0.3, -0.25) is 4.79 Å². The topological polar surface area (TPSA) is 55.4 Å². The van der Waals surface area contributed by atoms with Crippen molar-refractivity contribution in [2.45, 2.75) is 31.1 Å². The van der Waals surface area contributed by atoms with Crippen molar-refractivity contribution in [1.29, 1.82) is 0 Å². The van der Waals surface area contributed by atoms with Crippen molar-refractivity contribution < 1.29 is 14.3 Å². The van der Waals surface area contributed by atoms with Gasteiger partial charge in [0.05, 0.1) is 11.9 Å². The van der Waals surface area contributed by atoms with E-state index in [1.165, 1.54) is 7.11 Å². The highest BCUT2D eigenvalue weighted by Gasteiger charge is 2.19. The molecule has 0 aromatic carbocycles. The number of carbonyl (C=O) groups excluding carboxylic acids is 2. The van der Waals surface area contributed by atoms with E-state index in [1.54, 1.807) is 6.92 Å². The first-order valence-corrected chi connectivity index (χ1v) is 4.96. The van der Waals surface area contributed by atoms with Crippen LogP contribution in [0.15, 0.2) is 0 Å². The Morgan fingerprint density at radius 3 is 2.46 bits per heavy atom. The van der Waals surface area contributed by atoms with Gasteiger partial charge in [0.15, 0.2) is 0 Å². The third-order valence-electron chi connectivity index (χ3n) is 1.56. The molecule has 4 nitrogen and oxygen atoms in total. The van der Waals surface area contributed by atoms with Gasteiger partial charge in [-0.2, -0.15) is 0 Å². The van der Waals surface area contributed by atoms with Gasteiger partial charge in [0.2, 0.25) is 5.91 Å². The fraction of sp³-hybridized carbons (Fsp3) is 0.750. The number of hydrogen-bond acceptors (Lipinski definition) is 3. The average Bonchev–Trinajstić information content (AvgIpc) is 2.14. The molecule has 0 radical (unpaired) electrons. The molecule has 0 heterocycles. The molecule has 0 aromatic heterocycles. The molecule has 2 atom stereocenters. The van der Waals surface area contributed by atoms with Crippen molar-refractivity contribution in [3.63, 3.8) is 0 Å². The van der Waals surface area contributed by atoms with Crippen LogP contribution >= 0.6 is 15.9 Å². The van der Waals surface area contributed by atoms with Crippen molar-refractivity contribution in [2.75, 3.05) is 7.11 Å². The molecule has 0 aliphatic rings. The summed E-state index contributed by atoms with van der Waals surface area (Å²) in [5.41, 5.74) is 0. The number of esters is 1. The number of amides is 1. The van der Waals surface area contributed by atoms with Crippen molar-refractivity contribution in [3.05, 3.63) is 0 Å². The van der Waals surface area contributed by atoms with Crippen LogP contribution in [-0.4, -0.2) is 29.9 Å². The SMILES string of the molecule is CCC(Br)C(=O)N[C@@H](C)C(=O)OC. The standard InChI is InChI=1S/C8H14BrNO3/c1-4-6(9)7(11)10-5(2)8(12)13-3/h5-6H,4H2,1-3H3,(H,10,11)/t5-,6?/m0/s1. The molecular weight excluding hydrogens is 238 g/mol. The summed E-state index contributed by atoms with van der Waals surface area (Å²) in [6, 6.07) is -0.593. The van der Waals surface area contributed by atoms with Crippen molar-refractivity contribution in [3.8, 4) is 0 Å². The number of methoxy groups -OCH3 is 1. The molecule has 0 saturated heterocycles. The van der Waals surface area contributed by atoms with Crippen molar-refractivity contribution >= 4 is 27.8 Å². The molecule has 0 spiro atoms. The highest BCUT2D eigenvalue weighted by atomic mass is 79.9. The van der Waals surface area contributed by atoms with Crippen LogP contribution in [0.2, 0.25) is 0 Å². The Bertz CT molecular complexity index is 196. The Morgan fingerprint density at radius 1 is 1.54 bits per heavy atom. The lowest BCUT2D eigenvalue weighted by Gasteiger charge is -2.13. The number of alkyl halides is 1. The van der Waals surface area contributed by atoms with E-state index >= 15 is 0 Å². The fourth-order valence-electron chi connectivity index (χ4n) is 0.725. The lowest BCUT2D eigenvalue weighted by molar-refractivity contribution is -0.144. The van der Waals surface area contributed by atoms with Gasteiger partial charge in [0, 0.05) is 0 Å². The molecule has 13 heavy (non-hydrogen) atoms. The second-order valence-electron chi connectivity index (χ2n) is 2.63. The van der Waals surface area contributed by atoms with Gasteiger partial charge in [-0.25, -0.2) is 4.79 Å². The fourth-order valence-corrected chi connectivity index (χ4v) is 0.857. The van der Waals surface area contributed by atoms with Crippen LogP contribution in [0.25, 0.3) is 0 Å². The van der Waals surface area contributed by atoms with Gasteiger partial charge in [0.1, 0.15) is 6.04 Å². The third kappa shape index (κ3) is 4.26. The van der Waals surface area contributed by atoms with E-state index < -0.39 is 12.0 Å². The minimum absolute atomic E-state index is 0.194. The van der Waals surface area contributed by atoms with Crippen molar-refractivity contribution in [1.82, 2.24) is 5.32 Å². The van der Waals surface area contributed by atoms with Crippen molar-refractivity contribution in [2.24, 2.45) is 0 Å². The highest BCUT2D eigenvalue weighted by Crippen LogP contribution is 2.04. The number of rotatable bonds is 4. The molecule has 76 valence electrons. The zero-order valence-corrected chi connectivity index (χ0v) is 9.55. The highest BCUT2D eigenvalue weighted by molar-refractivity contribution is 9.10. The number of halogens is 1. The largest absolute Gasteiger partial charge is 0.467 e. The van der Waals surface area contributed by atoms with Crippen LogP contribution in [-0.2, 0) is 14.3 Å². The number of hydrogen-bond donors (Lipinski definition) is 1. The Kier molecular flexibility index (Phi) is 5.70. The van der Waals surface area contributed by atoms with E-state index in [2.05, 4.69) is 26.0 Å². The van der Waals surface area contributed by atoms with Crippen LogP contribution in [0.1, 0.15) is 20.3 Å². The van der Waals surface area contributed by atoms with Gasteiger partial charge in [-0.1, -0.05) is 22.9 Å². The number of ether oxygens (including phenoxy) is 1. The van der Waals surface area contributed by atoms with Crippen LogP contribution < -0.4 is 5.32 Å². The molecule has 0 aliphatic carbocycles. The minimum atomic E-state index is -0.593. The maximum Gasteiger partial charge on any atom is 0.328 e. The summed E-state index contributed by atoms with van der Waals surface area (Å²) in [6.45, 7) is 3.46. The summed E-state index contributed by atoms with van der Waals surface area (Å²) < 4.78 is 4.46. The van der Waals surface area contributed by atoms with Gasteiger partial charge >= 0.3 is 5.97 Å². The van der Waals surface area contributed by atoms with E-state index in [0.717, 1.165) is 0 Å². The molecule has 0 saturated carbocycles. The van der Waals surface area contributed by atoms with Crippen LogP contribution in [0.5, 0.6) is 0 Å². The molecule has 0 rings (SSSR count). The molecule has 1 unspecified atom stereocenters. The third-order valence-corrected chi connectivity index (χ3v) is 2.62. The lowest BCUT2D eigenvalue weighted by atomic mass is 10.3. The second-order valence-corrected chi connectivity index (χ2v) is 3.73. The predicted molar refractivity (Wildman–Crippen MR) is 52.6 cm³/mol. The first kappa shape index (κ1) is 12.4. The summed E-state index contributed by atoms with van der Waals surface area (Å²) in [5, 5.41) is 2.52. The van der Waals surface area contributed by atoms with E-state index in [4.69, 9.17) is 0 Å². The summed E-state index contributed by atoms with van der Waals surface area (Å²) >= 11 is 3.18. The molecule has 5 heteroatoms. The predicted octanol–water partition coefficient (Wildman–Crippen LogP) is 0.838. The molecule has 0 bridgehead atoms. The smallest absolute Gasteiger partial charge is 0.328 e. The van der Waals surface area contributed by atoms with E-state index in [-0.39, 0.29) is 10.7 Å². The second kappa shape index (κ2) is 5.96. The molecule has 0 aliphatic heterocycles. The van der Waals surface area contributed by atoms with Crippen LogP contribution in [0.3, 0.4) is 0 Å². The normalized spacial score (nSPS) is 14.5. The molecular formula is C8H14BrNO3. The van der Waals surface area contributed by atoms with Gasteiger partial charge in [-0.15, -0.1) is 0 Å².